The Morgan fingerprint density at radius 3 is 1.75 bits per heavy atom. The van der Waals surface area contributed by atoms with E-state index < -0.39 is 0 Å². The SMILES string of the molecule is CC(C)[C@]1(C)CN(C)CC1(C)C. The maximum atomic E-state index is 2.46. The van der Waals surface area contributed by atoms with Crippen molar-refractivity contribution in [1.29, 1.82) is 0 Å². The number of likely N-dealkylation sites (tertiary alicyclic amines) is 1. The van der Waals surface area contributed by atoms with Crippen molar-refractivity contribution in [3.63, 3.8) is 0 Å². The molecule has 0 saturated carbocycles. The van der Waals surface area contributed by atoms with Crippen molar-refractivity contribution in [1.82, 2.24) is 4.90 Å². The molecule has 0 aromatic carbocycles. The molecule has 0 aromatic rings. The largest absolute Gasteiger partial charge is 0.305 e. The normalized spacial score (nSPS) is 36.2. The molecule has 0 spiro atoms. The molecular formula is C11H23N. The Morgan fingerprint density at radius 2 is 1.58 bits per heavy atom. The first-order valence-corrected chi connectivity index (χ1v) is 4.98. The van der Waals surface area contributed by atoms with Crippen molar-refractivity contribution in [3.8, 4) is 0 Å². The van der Waals surface area contributed by atoms with Crippen molar-refractivity contribution < 1.29 is 0 Å². The molecule has 1 rings (SSSR count). The monoisotopic (exact) mass is 169 g/mol. The minimum absolute atomic E-state index is 0.468. The first-order chi connectivity index (χ1) is 5.29. The van der Waals surface area contributed by atoms with Gasteiger partial charge in [0.25, 0.3) is 0 Å². The van der Waals surface area contributed by atoms with Gasteiger partial charge in [0.05, 0.1) is 0 Å². The minimum atomic E-state index is 0.468. The third-order valence-corrected chi connectivity index (χ3v) is 4.08. The van der Waals surface area contributed by atoms with Crippen LogP contribution < -0.4 is 0 Å². The van der Waals surface area contributed by atoms with Crippen molar-refractivity contribution >= 4 is 0 Å². The molecule has 1 nitrogen and oxygen atoms in total. The van der Waals surface area contributed by atoms with Crippen LogP contribution >= 0.6 is 0 Å². The van der Waals surface area contributed by atoms with Crippen molar-refractivity contribution in [2.45, 2.75) is 34.6 Å². The number of hydrogen-bond acceptors (Lipinski definition) is 1. The lowest BCUT2D eigenvalue weighted by atomic mass is 9.63. The zero-order valence-electron chi connectivity index (χ0n) is 9.44. The van der Waals surface area contributed by atoms with Crippen LogP contribution in [0.5, 0.6) is 0 Å². The summed E-state index contributed by atoms with van der Waals surface area (Å²) >= 11 is 0. The molecule has 0 bridgehead atoms. The summed E-state index contributed by atoms with van der Waals surface area (Å²) < 4.78 is 0. The zero-order valence-corrected chi connectivity index (χ0v) is 9.44. The quantitative estimate of drug-likeness (QED) is 0.583. The molecule has 72 valence electrons. The number of rotatable bonds is 1. The third-order valence-electron chi connectivity index (χ3n) is 4.08. The van der Waals surface area contributed by atoms with Gasteiger partial charge in [-0.3, -0.25) is 0 Å². The molecule has 0 radical (unpaired) electrons. The van der Waals surface area contributed by atoms with Gasteiger partial charge in [-0.05, 0) is 23.8 Å². The Bertz CT molecular complexity index is 172. The van der Waals surface area contributed by atoms with Gasteiger partial charge in [-0.1, -0.05) is 34.6 Å². The molecule has 0 N–H and O–H groups in total. The van der Waals surface area contributed by atoms with Gasteiger partial charge in [-0.25, -0.2) is 0 Å². The highest BCUT2D eigenvalue weighted by Crippen LogP contribution is 2.49. The first kappa shape index (κ1) is 10.0. The number of nitrogens with zero attached hydrogens (tertiary/aromatic N) is 1. The van der Waals surface area contributed by atoms with Gasteiger partial charge in [0.2, 0.25) is 0 Å². The van der Waals surface area contributed by atoms with E-state index in [9.17, 15) is 0 Å². The summed E-state index contributed by atoms with van der Waals surface area (Å²) in [5.41, 5.74) is 0.956. The molecule has 1 aliphatic rings. The van der Waals surface area contributed by atoms with E-state index in [1.54, 1.807) is 0 Å². The fourth-order valence-corrected chi connectivity index (χ4v) is 2.65. The van der Waals surface area contributed by atoms with Crippen LogP contribution in [0.4, 0.5) is 0 Å². The van der Waals surface area contributed by atoms with Gasteiger partial charge in [0, 0.05) is 13.1 Å². The predicted octanol–water partition coefficient (Wildman–Crippen LogP) is 2.62. The topological polar surface area (TPSA) is 3.24 Å². The highest BCUT2D eigenvalue weighted by molar-refractivity contribution is 5.00. The Hall–Kier alpha value is -0.0400. The summed E-state index contributed by atoms with van der Waals surface area (Å²) in [7, 11) is 2.23. The zero-order chi connectivity index (χ0) is 9.57. The number of hydrogen-bond donors (Lipinski definition) is 0. The Morgan fingerprint density at radius 1 is 1.08 bits per heavy atom. The molecule has 0 amide bonds. The summed E-state index contributed by atoms with van der Waals surface area (Å²) in [6.07, 6.45) is 0. The van der Waals surface area contributed by atoms with Crippen molar-refractivity contribution in [2.24, 2.45) is 16.7 Å². The van der Waals surface area contributed by atoms with Crippen LogP contribution in [0, 0.1) is 16.7 Å². The summed E-state index contributed by atoms with van der Waals surface area (Å²) in [6, 6.07) is 0. The Balaban J connectivity index is 2.90. The van der Waals surface area contributed by atoms with Crippen LogP contribution in [0.1, 0.15) is 34.6 Å². The molecule has 0 aliphatic carbocycles. The van der Waals surface area contributed by atoms with Gasteiger partial charge in [-0.2, -0.15) is 0 Å². The van der Waals surface area contributed by atoms with Gasteiger partial charge < -0.3 is 4.90 Å². The third kappa shape index (κ3) is 1.28. The fraction of sp³-hybridized carbons (Fsp3) is 1.00. The maximum absolute atomic E-state index is 2.46. The van der Waals surface area contributed by atoms with Crippen LogP contribution in [0.25, 0.3) is 0 Å². The van der Waals surface area contributed by atoms with Gasteiger partial charge in [-0.15, -0.1) is 0 Å². The van der Waals surface area contributed by atoms with Gasteiger partial charge in [0.15, 0.2) is 0 Å². The van der Waals surface area contributed by atoms with E-state index in [1.165, 1.54) is 13.1 Å². The second-order valence-corrected chi connectivity index (χ2v) is 5.63. The standard InChI is InChI=1S/C11H23N/c1-9(2)11(5)8-12(6)7-10(11,3)4/h9H,7-8H2,1-6H3/t11-/m0/s1. The molecule has 1 aliphatic heterocycles. The van der Waals surface area contributed by atoms with E-state index in [-0.39, 0.29) is 0 Å². The second-order valence-electron chi connectivity index (χ2n) is 5.63. The van der Waals surface area contributed by atoms with Crippen molar-refractivity contribution in [2.75, 3.05) is 20.1 Å². The molecule has 1 fully saturated rings. The first-order valence-electron chi connectivity index (χ1n) is 4.98. The molecule has 1 saturated heterocycles. The van der Waals surface area contributed by atoms with Gasteiger partial charge in [0.1, 0.15) is 0 Å². The molecule has 1 heterocycles. The van der Waals surface area contributed by atoms with E-state index in [0.29, 0.717) is 10.8 Å². The summed E-state index contributed by atoms with van der Waals surface area (Å²) in [5.74, 6) is 0.775. The minimum Gasteiger partial charge on any atom is -0.305 e. The highest BCUT2D eigenvalue weighted by Gasteiger charge is 2.49. The summed E-state index contributed by atoms with van der Waals surface area (Å²) in [6.45, 7) is 14.4. The second kappa shape index (κ2) is 2.73. The van der Waals surface area contributed by atoms with E-state index >= 15 is 0 Å². The Kier molecular flexibility index (Phi) is 2.28. The average Bonchev–Trinajstić information content (AvgIpc) is 2.02. The van der Waals surface area contributed by atoms with Crippen LogP contribution in [-0.2, 0) is 0 Å². The predicted molar refractivity (Wildman–Crippen MR) is 54.2 cm³/mol. The summed E-state index contributed by atoms with van der Waals surface area (Å²) in [5, 5.41) is 0. The van der Waals surface area contributed by atoms with E-state index in [1.807, 2.05) is 0 Å². The smallest absolute Gasteiger partial charge is 0.00406 e. The lowest BCUT2D eigenvalue weighted by molar-refractivity contribution is 0.0948. The lowest BCUT2D eigenvalue weighted by Gasteiger charge is -2.40. The Labute approximate surface area is 77.1 Å². The molecule has 0 aromatic heterocycles. The van der Waals surface area contributed by atoms with Crippen molar-refractivity contribution in [3.05, 3.63) is 0 Å². The van der Waals surface area contributed by atoms with E-state index in [2.05, 4.69) is 46.6 Å². The van der Waals surface area contributed by atoms with E-state index in [4.69, 9.17) is 0 Å². The lowest BCUT2D eigenvalue weighted by Crippen LogP contribution is -2.38. The van der Waals surface area contributed by atoms with Gasteiger partial charge >= 0.3 is 0 Å². The molecule has 1 heteroatoms. The highest BCUT2D eigenvalue weighted by atomic mass is 15.1. The summed E-state index contributed by atoms with van der Waals surface area (Å²) in [4.78, 5) is 2.46. The van der Waals surface area contributed by atoms with Crippen LogP contribution in [0.15, 0.2) is 0 Å². The van der Waals surface area contributed by atoms with E-state index in [0.717, 1.165) is 5.92 Å². The van der Waals surface area contributed by atoms with Crippen LogP contribution in [-0.4, -0.2) is 25.0 Å². The molecule has 0 unspecified atom stereocenters. The molecule has 1 atom stereocenters. The molecular weight excluding hydrogens is 146 g/mol. The average molecular weight is 169 g/mol. The fourth-order valence-electron chi connectivity index (χ4n) is 2.65. The van der Waals surface area contributed by atoms with Crippen LogP contribution in [0.2, 0.25) is 0 Å². The van der Waals surface area contributed by atoms with Crippen LogP contribution in [0.3, 0.4) is 0 Å². The maximum Gasteiger partial charge on any atom is 0.00406 e. The molecule has 12 heavy (non-hydrogen) atoms.